The summed E-state index contributed by atoms with van der Waals surface area (Å²) in [6.07, 6.45) is 0. The van der Waals surface area contributed by atoms with Gasteiger partial charge < -0.3 is 9.90 Å². The van der Waals surface area contributed by atoms with E-state index in [-0.39, 0.29) is 24.4 Å². The number of carboxylic acids is 1. The molecule has 2 aromatic rings. The van der Waals surface area contributed by atoms with Crippen molar-refractivity contribution < 1.29 is 28.8 Å². The molecular formula is C12H10LiNO2S. The fraction of sp³-hybridized carbons (Fsp3) is 0.167. The van der Waals surface area contributed by atoms with Crippen LogP contribution in [-0.2, 0) is 0 Å². The maximum atomic E-state index is 11.0. The van der Waals surface area contributed by atoms with Crippen molar-refractivity contribution in [2.75, 3.05) is 0 Å². The van der Waals surface area contributed by atoms with E-state index >= 15 is 0 Å². The molecule has 3 nitrogen and oxygen atoms in total. The molecule has 1 aromatic heterocycles. The average molecular weight is 239 g/mol. The number of aryl methyl sites for hydroxylation is 2. The predicted molar refractivity (Wildman–Crippen MR) is 61.4 cm³/mol. The summed E-state index contributed by atoms with van der Waals surface area (Å²) in [6.45, 7) is 3.74. The molecule has 0 unspecified atom stereocenters. The van der Waals surface area contributed by atoms with Gasteiger partial charge in [-0.2, -0.15) is 0 Å². The third kappa shape index (κ3) is 2.98. The van der Waals surface area contributed by atoms with Crippen LogP contribution in [0.4, 0.5) is 0 Å². The first-order valence-electron chi connectivity index (χ1n) is 4.82. The van der Waals surface area contributed by atoms with Crippen LogP contribution in [-0.4, -0.2) is 11.0 Å². The normalized spacial score (nSPS) is 9.76. The van der Waals surface area contributed by atoms with E-state index in [0.717, 1.165) is 10.6 Å². The number of carbonyl (C=O) groups excluding carboxylic acids is 1. The first-order chi connectivity index (χ1) is 7.58. The van der Waals surface area contributed by atoms with Gasteiger partial charge in [0, 0.05) is 16.5 Å². The molecular weight excluding hydrogens is 229 g/mol. The molecule has 0 atom stereocenters. The minimum Gasteiger partial charge on any atom is -0.545 e. The number of rotatable bonds is 2. The van der Waals surface area contributed by atoms with Gasteiger partial charge in [-0.25, -0.2) is 4.98 Å². The summed E-state index contributed by atoms with van der Waals surface area (Å²) in [7, 11) is 0. The second-order valence-corrected chi connectivity index (χ2v) is 4.65. The van der Waals surface area contributed by atoms with Gasteiger partial charge in [0.2, 0.25) is 0 Å². The second kappa shape index (κ2) is 5.50. The van der Waals surface area contributed by atoms with E-state index in [4.69, 9.17) is 0 Å². The van der Waals surface area contributed by atoms with Gasteiger partial charge in [-0.3, -0.25) is 0 Å². The molecule has 0 radical (unpaired) electrons. The third-order valence-corrected chi connectivity index (χ3v) is 3.06. The van der Waals surface area contributed by atoms with Crippen LogP contribution in [0.25, 0.3) is 11.3 Å². The molecule has 1 heterocycles. The van der Waals surface area contributed by atoms with E-state index in [2.05, 4.69) is 4.98 Å². The molecule has 0 amide bonds. The molecule has 0 aliphatic heterocycles. The fourth-order valence-corrected chi connectivity index (χ4v) is 2.15. The number of thiazole rings is 1. The van der Waals surface area contributed by atoms with Crippen molar-refractivity contribution in [3.63, 3.8) is 0 Å². The summed E-state index contributed by atoms with van der Waals surface area (Å²) in [5, 5.41) is 13.8. The van der Waals surface area contributed by atoms with Crippen molar-refractivity contribution in [1.82, 2.24) is 4.98 Å². The number of hydrogen-bond acceptors (Lipinski definition) is 4. The molecule has 0 aliphatic carbocycles. The SMILES string of the molecule is Cc1ccc(-c2csc(C)n2)c(C(=O)[O-])c1.[Li+]. The standard InChI is InChI=1S/C12H11NO2S.Li/c1-7-3-4-9(10(5-7)12(14)15)11-6-16-8(2)13-11;/h3-6H,1-2H3,(H,14,15);/q;+1/p-1. The van der Waals surface area contributed by atoms with E-state index in [1.807, 2.05) is 25.3 Å². The first kappa shape index (κ1) is 14.0. The Morgan fingerprint density at radius 2 is 2.06 bits per heavy atom. The number of benzene rings is 1. The quantitative estimate of drug-likeness (QED) is 0.618. The topological polar surface area (TPSA) is 53.0 Å². The van der Waals surface area contributed by atoms with Crippen LogP contribution in [0.15, 0.2) is 23.6 Å². The van der Waals surface area contributed by atoms with E-state index in [1.165, 1.54) is 11.3 Å². The van der Waals surface area contributed by atoms with E-state index in [9.17, 15) is 9.90 Å². The maximum Gasteiger partial charge on any atom is 1.00 e. The van der Waals surface area contributed by atoms with Crippen molar-refractivity contribution in [3.05, 3.63) is 39.7 Å². The number of carbonyl (C=O) groups is 1. The minimum atomic E-state index is -1.16. The van der Waals surface area contributed by atoms with Gasteiger partial charge in [-0.15, -0.1) is 11.3 Å². The zero-order valence-corrected chi connectivity index (χ0v) is 10.8. The maximum absolute atomic E-state index is 11.0. The summed E-state index contributed by atoms with van der Waals surface area (Å²) < 4.78 is 0. The molecule has 0 bridgehead atoms. The van der Waals surface area contributed by atoms with E-state index in [1.54, 1.807) is 12.1 Å². The fourth-order valence-electron chi connectivity index (χ4n) is 1.54. The van der Waals surface area contributed by atoms with E-state index < -0.39 is 5.97 Å². The van der Waals surface area contributed by atoms with Crippen molar-refractivity contribution in [1.29, 1.82) is 0 Å². The molecule has 0 saturated heterocycles. The zero-order valence-electron chi connectivity index (χ0n) is 9.98. The van der Waals surface area contributed by atoms with Crippen LogP contribution in [0.1, 0.15) is 20.9 Å². The summed E-state index contributed by atoms with van der Waals surface area (Å²) in [5.74, 6) is -1.16. The molecule has 0 fully saturated rings. The van der Waals surface area contributed by atoms with Crippen LogP contribution < -0.4 is 24.0 Å². The van der Waals surface area contributed by atoms with Crippen LogP contribution in [0, 0.1) is 13.8 Å². The Labute approximate surface area is 116 Å². The Balaban J connectivity index is 0.00000144. The van der Waals surface area contributed by atoms with Gasteiger partial charge in [0.25, 0.3) is 0 Å². The third-order valence-electron chi connectivity index (χ3n) is 2.29. The molecule has 82 valence electrons. The Hall–Kier alpha value is -1.08. The summed E-state index contributed by atoms with van der Waals surface area (Å²) >= 11 is 1.50. The average Bonchev–Trinajstić information content (AvgIpc) is 2.64. The monoisotopic (exact) mass is 239 g/mol. The van der Waals surface area contributed by atoms with E-state index in [0.29, 0.717) is 11.3 Å². The number of carboxylic acid groups (broad SMARTS) is 1. The largest absolute Gasteiger partial charge is 1.00 e. The molecule has 0 N–H and O–H groups in total. The Bertz CT molecular complexity index is 551. The molecule has 2 rings (SSSR count). The number of hydrogen-bond donors (Lipinski definition) is 0. The van der Waals surface area contributed by atoms with Crippen molar-refractivity contribution in [2.45, 2.75) is 13.8 Å². The van der Waals surface area contributed by atoms with Crippen LogP contribution in [0.2, 0.25) is 0 Å². The van der Waals surface area contributed by atoms with Crippen molar-refractivity contribution in [2.24, 2.45) is 0 Å². The smallest absolute Gasteiger partial charge is 0.545 e. The molecule has 0 saturated carbocycles. The van der Waals surface area contributed by atoms with Gasteiger partial charge in [-0.1, -0.05) is 17.7 Å². The van der Waals surface area contributed by atoms with Crippen LogP contribution >= 0.6 is 11.3 Å². The van der Waals surface area contributed by atoms with Gasteiger partial charge in [0.1, 0.15) is 0 Å². The summed E-state index contributed by atoms with van der Waals surface area (Å²) in [4.78, 5) is 15.3. The number of aromatic nitrogens is 1. The van der Waals surface area contributed by atoms with Crippen LogP contribution in [0.3, 0.4) is 0 Å². The van der Waals surface area contributed by atoms with Gasteiger partial charge >= 0.3 is 18.9 Å². The van der Waals surface area contributed by atoms with Crippen molar-refractivity contribution >= 4 is 17.3 Å². The van der Waals surface area contributed by atoms with Gasteiger partial charge in [0.05, 0.1) is 16.7 Å². The van der Waals surface area contributed by atoms with Gasteiger partial charge in [0.15, 0.2) is 0 Å². The molecule has 1 aromatic carbocycles. The summed E-state index contributed by atoms with van der Waals surface area (Å²) in [5.41, 5.74) is 2.41. The van der Waals surface area contributed by atoms with Gasteiger partial charge in [-0.05, 0) is 19.9 Å². The molecule has 5 heteroatoms. The Kier molecular flexibility index (Phi) is 4.52. The molecule has 0 spiro atoms. The Morgan fingerprint density at radius 3 is 2.59 bits per heavy atom. The second-order valence-electron chi connectivity index (χ2n) is 3.59. The first-order valence-corrected chi connectivity index (χ1v) is 5.70. The van der Waals surface area contributed by atoms with Crippen molar-refractivity contribution in [3.8, 4) is 11.3 Å². The molecule has 0 aliphatic rings. The Morgan fingerprint density at radius 1 is 1.35 bits per heavy atom. The number of aromatic carboxylic acids is 1. The molecule has 17 heavy (non-hydrogen) atoms. The predicted octanol–water partition coefficient (Wildman–Crippen LogP) is -1.21. The summed E-state index contributed by atoms with van der Waals surface area (Å²) in [6, 6.07) is 5.25. The zero-order chi connectivity index (χ0) is 11.7. The van der Waals surface area contributed by atoms with Crippen LogP contribution in [0.5, 0.6) is 0 Å². The number of nitrogens with zero attached hydrogens (tertiary/aromatic N) is 1. The minimum absolute atomic E-state index is 0.